The van der Waals surface area contributed by atoms with E-state index in [2.05, 4.69) is 25.3 Å². The molecule has 0 saturated carbocycles. The third kappa shape index (κ3) is 6.66. The van der Waals surface area contributed by atoms with Crippen molar-refractivity contribution in [3.8, 4) is 11.1 Å². The van der Waals surface area contributed by atoms with Crippen LogP contribution in [-0.4, -0.2) is 61.1 Å². The molecule has 1 fully saturated rings. The molecule has 1 aliphatic heterocycles. The molecule has 3 heterocycles. The molecule has 180 valence electrons. The second-order valence-corrected chi connectivity index (χ2v) is 7.10. The van der Waals surface area contributed by atoms with Crippen LogP contribution in [0.2, 0.25) is 0 Å². The fourth-order valence-electron chi connectivity index (χ4n) is 2.85. The molecular formula is C21H21F3N6O4. The molecule has 0 aliphatic carbocycles. The number of nitrogens with two attached hydrogens (primary N) is 1. The van der Waals surface area contributed by atoms with Crippen LogP contribution >= 0.6 is 0 Å². The van der Waals surface area contributed by atoms with Gasteiger partial charge in [0.05, 0.1) is 25.1 Å². The minimum atomic E-state index is -4.47. The number of rotatable bonds is 3. The minimum Gasteiger partial charge on any atom is -0.390 e. The molecule has 1 aromatic carbocycles. The van der Waals surface area contributed by atoms with E-state index in [0.717, 1.165) is 17.3 Å². The number of ether oxygens (including phenoxy) is 1. The van der Waals surface area contributed by atoms with Crippen molar-refractivity contribution >= 4 is 11.7 Å². The van der Waals surface area contributed by atoms with Crippen molar-refractivity contribution in [3.05, 3.63) is 66.6 Å². The lowest BCUT2D eigenvalue weighted by Crippen LogP contribution is -2.53. The van der Waals surface area contributed by atoms with Crippen LogP contribution in [0.3, 0.4) is 0 Å². The van der Waals surface area contributed by atoms with Gasteiger partial charge in [0.2, 0.25) is 5.82 Å². The number of aromatic nitrogens is 4. The van der Waals surface area contributed by atoms with Gasteiger partial charge in [0.1, 0.15) is 11.9 Å². The van der Waals surface area contributed by atoms with E-state index in [1.54, 1.807) is 12.4 Å². The number of benzene rings is 1. The van der Waals surface area contributed by atoms with E-state index < -0.39 is 36.2 Å². The smallest absolute Gasteiger partial charge is 0.390 e. The Morgan fingerprint density at radius 3 is 2.32 bits per heavy atom. The van der Waals surface area contributed by atoms with Gasteiger partial charge in [-0.1, -0.05) is 30.3 Å². The van der Waals surface area contributed by atoms with Crippen LogP contribution in [0.15, 0.2) is 55.1 Å². The lowest BCUT2D eigenvalue weighted by molar-refractivity contribution is -0.141. The molecule has 1 aliphatic rings. The minimum absolute atomic E-state index is 0.0273. The summed E-state index contributed by atoms with van der Waals surface area (Å²) in [6, 6.07) is 9.57. The van der Waals surface area contributed by atoms with Crippen molar-refractivity contribution in [2.45, 2.75) is 31.0 Å². The molecule has 34 heavy (non-hydrogen) atoms. The van der Waals surface area contributed by atoms with E-state index in [9.17, 15) is 28.2 Å². The van der Waals surface area contributed by atoms with Gasteiger partial charge >= 0.3 is 6.18 Å². The summed E-state index contributed by atoms with van der Waals surface area (Å²) >= 11 is 0. The largest absolute Gasteiger partial charge is 0.434 e. The number of nitrogen functional groups attached to an aromatic ring is 1. The standard InChI is InChI=1S/C16H17N3O4.C5H4F3N3/c20-12-6-7-23-16(13(12)21)19-15(22)14-17-8-11(9-18-14)10-4-2-1-3-5-10;6-5(7,8)3-1-10-2-4(9)11-3/h1-5,8-9,12-13,16,20-21H,6-7H2,(H,19,22);1-2H,(H2,9,11). The van der Waals surface area contributed by atoms with E-state index >= 15 is 0 Å². The third-order valence-electron chi connectivity index (χ3n) is 4.59. The number of anilines is 1. The van der Waals surface area contributed by atoms with Crippen LogP contribution in [0.5, 0.6) is 0 Å². The Balaban J connectivity index is 0.000000248. The topological polar surface area (TPSA) is 156 Å². The second-order valence-electron chi connectivity index (χ2n) is 7.10. The van der Waals surface area contributed by atoms with Crippen LogP contribution in [0.1, 0.15) is 22.7 Å². The van der Waals surface area contributed by atoms with Crippen molar-refractivity contribution < 1.29 is 32.9 Å². The average molecular weight is 478 g/mol. The number of aliphatic hydroxyl groups is 2. The molecule has 2 aromatic heterocycles. The lowest BCUT2D eigenvalue weighted by atomic mass is 10.1. The molecule has 1 amide bonds. The summed E-state index contributed by atoms with van der Waals surface area (Å²) in [6.07, 6.45) is -2.41. The molecule has 4 rings (SSSR count). The molecule has 3 atom stereocenters. The Bertz CT molecular complexity index is 1090. The molecule has 0 radical (unpaired) electrons. The molecule has 0 bridgehead atoms. The second kappa shape index (κ2) is 11.0. The van der Waals surface area contributed by atoms with Crippen LogP contribution in [0.4, 0.5) is 19.0 Å². The Kier molecular flexibility index (Phi) is 8.04. The molecule has 3 aromatic rings. The van der Waals surface area contributed by atoms with E-state index in [1.807, 2.05) is 30.3 Å². The quantitative estimate of drug-likeness (QED) is 0.437. The maximum atomic E-state index is 12.1. The molecule has 0 spiro atoms. The summed E-state index contributed by atoms with van der Waals surface area (Å²) in [5, 5.41) is 21.9. The first-order valence-corrected chi connectivity index (χ1v) is 9.96. The number of nitrogens with one attached hydrogen (secondary N) is 1. The highest BCUT2D eigenvalue weighted by Crippen LogP contribution is 2.26. The highest BCUT2D eigenvalue weighted by molar-refractivity contribution is 5.90. The highest BCUT2D eigenvalue weighted by Gasteiger charge is 2.33. The predicted molar refractivity (Wildman–Crippen MR) is 113 cm³/mol. The van der Waals surface area contributed by atoms with E-state index in [0.29, 0.717) is 12.6 Å². The highest BCUT2D eigenvalue weighted by atomic mass is 19.4. The van der Waals surface area contributed by atoms with E-state index in [4.69, 9.17) is 10.5 Å². The van der Waals surface area contributed by atoms with Gasteiger partial charge in [0, 0.05) is 18.0 Å². The zero-order valence-corrected chi connectivity index (χ0v) is 17.6. The maximum Gasteiger partial charge on any atom is 0.434 e. The average Bonchev–Trinajstić information content (AvgIpc) is 2.82. The van der Waals surface area contributed by atoms with Crippen LogP contribution < -0.4 is 11.1 Å². The number of hydrogen-bond donors (Lipinski definition) is 4. The third-order valence-corrected chi connectivity index (χ3v) is 4.59. The van der Waals surface area contributed by atoms with Crippen molar-refractivity contribution in [1.82, 2.24) is 25.3 Å². The molecule has 1 saturated heterocycles. The number of halogens is 3. The summed E-state index contributed by atoms with van der Waals surface area (Å²) in [5.41, 5.74) is 5.66. The van der Waals surface area contributed by atoms with Crippen molar-refractivity contribution in [3.63, 3.8) is 0 Å². The monoisotopic (exact) mass is 478 g/mol. The number of carbonyl (C=O) groups excluding carboxylic acids is 1. The van der Waals surface area contributed by atoms with E-state index in [1.165, 1.54) is 0 Å². The molecule has 13 heteroatoms. The summed E-state index contributed by atoms with van der Waals surface area (Å²) in [7, 11) is 0. The van der Waals surface area contributed by atoms with Gasteiger partial charge < -0.3 is 26.0 Å². The van der Waals surface area contributed by atoms with Gasteiger partial charge in [-0.2, -0.15) is 13.2 Å². The molecular weight excluding hydrogens is 457 g/mol. The van der Waals surface area contributed by atoms with Gasteiger partial charge in [0.25, 0.3) is 5.91 Å². The first-order chi connectivity index (χ1) is 16.1. The molecule has 5 N–H and O–H groups in total. The SMILES string of the molecule is Nc1cncc(C(F)(F)F)n1.O=C(NC1OCCC(O)C1O)c1ncc(-c2ccccc2)cn1. The summed E-state index contributed by atoms with van der Waals surface area (Å²) in [5.74, 6) is -0.830. The number of carbonyl (C=O) groups is 1. The zero-order chi connectivity index (χ0) is 24.7. The number of aliphatic hydroxyl groups excluding tert-OH is 2. The van der Waals surface area contributed by atoms with Gasteiger partial charge in [-0.15, -0.1) is 0 Å². The van der Waals surface area contributed by atoms with Gasteiger partial charge in [-0.3, -0.25) is 9.78 Å². The van der Waals surface area contributed by atoms with Crippen LogP contribution in [0.25, 0.3) is 11.1 Å². The predicted octanol–water partition coefficient (Wildman–Crippen LogP) is 1.42. The van der Waals surface area contributed by atoms with Crippen molar-refractivity contribution in [2.75, 3.05) is 12.3 Å². The molecule has 10 nitrogen and oxygen atoms in total. The Labute approximate surface area is 191 Å². The zero-order valence-electron chi connectivity index (χ0n) is 17.6. The Morgan fingerprint density at radius 1 is 1.06 bits per heavy atom. The van der Waals surface area contributed by atoms with Crippen molar-refractivity contribution in [1.29, 1.82) is 0 Å². The Morgan fingerprint density at radius 2 is 1.74 bits per heavy atom. The van der Waals surface area contributed by atoms with E-state index in [-0.39, 0.29) is 18.2 Å². The fourth-order valence-corrected chi connectivity index (χ4v) is 2.85. The summed E-state index contributed by atoms with van der Waals surface area (Å²) < 4.78 is 40.7. The maximum absolute atomic E-state index is 12.1. The summed E-state index contributed by atoms with van der Waals surface area (Å²) in [4.78, 5) is 26.5. The molecule has 3 unspecified atom stereocenters. The number of hydrogen-bond acceptors (Lipinski definition) is 9. The first-order valence-electron chi connectivity index (χ1n) is 9.96. The lowest BCUT2D eigenvalue weighted by Gasteiger charge is -2.32. The Hall–Kier alpha value is -3.68. The number of amides is 1. The van der Waals surface area contributed by atoms with Gasteiger partial charge in [-0.05, 0) is 12.0 Å². The first kappa shape index (κ1) is 25.0. The number of nitrogens with zero attached hydrogens (tertiary/aromatic N) is 4. The summed E-state index contributed by atoms with van der Waals surface area (Å²) in [6.45, 7) is 0.261. The van der Waals surface area contributed by atoms with Crippen LogP contribution in [0, 0.1) is 0 Å². The number of alkyl halides is 3. The van der Waals surface area contributed by atoms with Crippen molar-refractivity contribution in [2.24, 2.45) is 0 Å². The van der Waals surface area contributed by atoms with Crippen LogP contribution in [-0.2, 0) is 10.9 Å². The fraction of sp³-hybridized carbons (Fsp3) is 0.286. The van der Waals surface area contributed by atoms with Gasteiger partial charge in [0.15, 0.2) is 11.9 Å². The normalized spacial score (nSPS) is 20.1. The van der Waals surface area contributed by atoms with Gasteiger partial charge in [-0.25, -0.2) is 15.0 Å².